The molecule has 1 aromatic rings. The van der Waals surface area contributed by atoms with Gasteiger partial charge in [0.15, 0.2) is 0 Å². The molecule has 0 saturated carbocycles. The van der Waals surface area contributed by atoms with Crippen LogP contribution in [0.4, 0.5) is 0 Å². The van der Waals surface area contributed by atoms with Crippen LogP contribution in [0, 0.1) is 11.3 Å². The number of nitriles is 1. The Bertz CT molecular complexity index is 368. The zero-order valence-electron chi connectivity index (χ0n) is 8.87. The molecule has 1 unspecified atom stereocenters. The zero-order valence-corrected chi connectivity index (χ0v) is 9.69. The molecule has 1 saturated heterocycles. The molecule has 7 heteroatoms. The van der Waals surface area contributed by atoms with Crippen LogP contribution in [0.5, 0.6) is 0 Å². The summed E-state index contributed by atoms with van der Waals surface area (Å²) < 4.78 is 7.29. The van der Waals surface area contributed by atoms with E-state index in [2.05, 4.69) is 21.6 Å². The van der Waals surface area contributed by atoms with E-state index in [9.17, 15) is 0 Å². The highest BCUT2D eigenvalue weighted by atomic mass is 32.2. The maximum atomic E-state index is 8.45. The van der Waals surface area contributed by atoms with E-state index in [1.54, 1.807) is 4.68 Å². The molecule has 2 heterocycles. The lowest BCUT2D eigenvalue weighted by atomic mass is 10.2. The lowest BCUT2D eigenvalue weighted by molar-refractivity contribution is 0.0912. The summed E-state index contributed by atoms with van der Waals surface area (Å²) in [5.41, 5.74) is 0. The molecule has 1 aliphatic rings. The van der Waals surface area contributed by atoms with Crippen molar-refractivity contribution in [1.82, 2.24) is 20.2 Å². The second kappa shape index (κ2) is 5.82. The summed E-state index contributed by atoms with van der Waals surface area (Å²) in [5.74, 6) is 0.725. The fraction of sp³-hybridized carbons (Fsp3) is 0.778. The quantitative estimate of drug-likeness (QED) is 0.560. The molecular weight excluding hydrogens is 226 g/mol. The third-order valence-electron chi connectivity index (χ3n) is 2.34. The third-order valence-corrected chi connectivity index (χ3v) is 3.30. The first-order valence-electron chi connectivity index (χ1n) is 5.27. The fourth-order valence-corrected chi connectivity index (χ4v) is 2.31. The van der Waals surface area contributed by atoms with Gasteiger partial charge in [0.05, 0.1) is 18.7 Å². The summed E-state index contributed by atoms with van der Waals surface area (Å²) in [4.78, 5) is 0. The van der Waals surface area contributed by atoms with Gasteiger partial charge >= 0.3 is 0 Å². The van der Waals surface area contributed by atoms with Crippen LogP contribution in [0.1, 0.15) is 19.3 Å². The van der Waals surface area contributed by atoms with Gasteiger partial charge in [-0.15, -0.1) is 5.10 Å². The summed E-state index contributed by atoms with van der Waals surface area (Å²) in [6.45, 7) is 1.55. The van der Waals surface area contributed by atoms with Crippen LogP contribution >= 0.6 is 11.8 Å². The zero-order chi connectivity index (χ0) is 11.2. The Morgan fingerprint density at radius 1 is 1.62 bits per heavy atom. The molecule has 1 fully saturated rings. The first-order valence-corrected chi connectivity index (χ1v) is 6.26. The van der Waals surface area contributed by atoms with Gasteiger partial charge < -0.3 is 4.74 Å². The van der Waals surface area contributed by atoms with Gasteiger partial charge in [-0.1, -0.05) is 11.8 Å². The van der Waals surface area contributed by atoms with Crippen molar-refractivity contribution in [2.24, 2.45) is 0 Å². The molecule has 1 aromatic heterocycles. The van der Waals surface area contributed by atoms with Gasteiger partial charge in [-0.3, -0.25) is 0 Å². The standard InChI is InChI=1S/C9H13N5OS/c10-4-2-6-16-9-11-12-13-14(9)7-8-3-1-5-15-8/h8H,1-3,5-7H2. The number of thioether (sulfide) groups is 1. The van der Waals surface area contributed by atoms with Crippen LogP contribution < -0.4 is 0 Å². The van der Waals surface area contributed by atoms with E-state index in [0.29, 0.717) is 13.0 Å². The molecule has 0 aromatic carbocycles. The predicted octanol–water partition coefficient (Wildman–Crippen LogP) is 0.858. The maximum absolute atomic E-state index is 8.45. The molecule has 6 nitrogen and oxygen atoms in total. The molecule has 2 rings (SSSR count). The van der Waals surface area contributed by atoms with Crippen molar-refractivity contribution in [3.8, 4) is 6.07 Å². The number of hydrogen-bond acceptors (Lipinski definition) is 6. The van der Waals surface area contributed by atoms with E-state index in [-0.39, 0.29) is 6.10 Å². The molecule has 0 N–H and O–H groups in total. The first kappa shape index (κ1) is 11.4. The van der Waals surface area contributed by atoms with Crippen molar-refractivity contribution in [3.05, 3.63) is 0 Å². The lowest BCUT2D eigenvalue weighted by Crippen LogP contribution is -2.16. The topological polar surface area (TPSA) is 76.6 Å². The van der Waals surface area contributed by atoms with Crippen molar-refractivity contribution in [3.63, 3.8) is 0 Å². The summed E-state index contributed by atoms with van der Waals surface area (Å²) in [6.07, 6.45) is 2.93. The minimum Gasteiger partial charge on any atom is -0.376 e. The lowest BCUT2D eigenvalue weighted by Gasteiger charge is -2.09. The monoisotopic (exact) mass is 239 g/mol. The van der Waals surface area contributed by atoms with E-state index in [0.717, 1.165) is 30.4 Å². The van der Waals surface area contributed by atoms with Crippen LogP contribution in [0.3, 0.4) is 0 Å². The smallest absolute Gasteiger partial charge is 0.209 e. The Kier molecular flexibility index (Phi) is 4.13. The van der Waals surface area contributed by atoms with Crippen LogP contribution in [0.2, 0.25) is 0 Å². The molecule has 1 aliphatic heterocycles. The molecule has 0 amide bonds. The molecule has 16 heavy (non-hydrogen) atoms. The first-order chi connectivity index (χ1) is 7.90. The van der Waals surface area contributed by atoms with Crippen molar-refractivity contribution < 1.29 is 4.74 Å². The van der Waals surface area contributed by atoms with E-state index >= 15 is 0 Å². The molecular formula is C9H13N5OS. The summed E-state index contributed by atoms with van der Waals surface area (Å²) in [7, 11) is 0. The number of hydrogen-bond donors (Lipinski definition) is 0. The van der Waals surface area contributed by atoms with Crippen molar-refractivity contribution in [2.45, 2.75) is 37.1 Å². The highest BCUT2D eigenvalue weighted by molar-refractivity contribution is 7.99. The molecule has 0 aliphatic carbocycles. The Morgan fingerprint density at radius 3 is 3.31 bits per heavy atom. The van der Waals surface area contributed by atoms with Gasteiger partial charge in [-0.25, -0.2) is 4.68 Å². The van der Waals surface area contributed by atoms with Crippen LogP contribution in [0.25, 0.3) is 0 Å². The molecule has 0 bridgehead atoms. The van der Waals surface area contributed by atoms with Gasteiger partial charge in [0.1, 0.15) is 0 Å². The minimum absolute atomic E-state index is 0.235. The molecule has 0 spiro atoms. The van der Waals surface area contributed by atoms with Gasteiger partial charge in [0.25, 0.3) is 0 Å². The average molecular weight is 239 g/mol. The Labute approximate surface area is 98.0 Å². The Hall–Kier alpha value is -1.13. The normalized spacial score (nSPS) is 19.8. The van der Waals surface area contributed by atoms with Crippen LogP contribution in [0.15, 0.2) is 5.16 Å². The van der Waals surface area contributed by atoms with E-state index < -0.39 is 0 Å². The number of ether oxygens (including phenoxy) is 1. The van der Waals surface area contributed by atoms with Crippen LogP contribution in [-0.2, 0) is 11.3 Å². The van der Waals surface area contributed by atoms with E-state index in [4.69, 9.17) is 10.00 Å². The van der Waals surface area contributed by atoms with Gasteiger partial charge in [0, 0.05) is 18.8 Å². The van der Waals surface area contributed by atoms with Crippen molar-refractivity contribution >= 4 is 11.8 Å². The number of nitrogens with zero attached hydrogens (tertiary/aromatic N) is 5. The average Bonchev–Trinajstić information content (AvgIpc) is 2.92. The van der Waals surface area contributed by atoms with Crippen LogP contribution in [-0.4, -0.2) is 38.7 Å². The molecule has 86 valence electrons. The third kappa shape index (κ3) is 2.93. The second-order valence-electron chi connectivity index (χ2n) is 3.54. The number of tetrazole rings is 1. The maximum Gasteiger partial charge on any atom is 0.209 e. The number of rotatable bonds is 5. The Morgan fingerprint density at radius 2 is 2.56 bits per heavy atom. The summed E-state index contributed by atoms with van der Waals surface area (Å²) in [6, 6.07) is 2.10. The van der Waals surface area contributed by atoms with Crippen molar-refractivity contribution in [2.75, 3.05) is 12.4 Å². The molecule has 0 radical (unpaired) electrons. The Balaban J connectivity index is 1.88. The fourth-order valence-electron chi connectivity index (χ4n) is 1.58. The summed E-state index contributed by atoms with van der Waals surface area (Å²) >= 11 is 1.51. The van der Waals surface area contributed by atoms with Crippen molar-refractivity contribution in [1.29, 1.82) is 5.26 Å². The van der Waals surface area contributed by atoms with Gasteiger partial charge in [-0.2, -0.15) is 5.26 Å². The largest absolute Gasteiger partial charge is 0.376 e. The minimum atomic E-state index is 0.235. The SMILES string of the molecule is N#CCCSc1nnnn1CC1CCCO1. The van der Waals surface area contributed by atoms with E-state index in [1.165, 1.54) is 11.8 Å². The highest BCUT2D eigenvalue weighted by Crippen LogP contribution is 2.18. The van der Waals surface area contributed by atoms with Gasteiger partial charge in [-0.05, 0) is 23.3 Å². The molecule has 1 atom stereocenters. The predicted molar refractivity (Wildman–Crippen MR) is 57.7 cm³/mol. The second-order valence-corrected chi connectivity index (χ2v) is 4.60. The number of aromatic nitrogens is 4. The highest BCUT2D eigenvalue weighted by Gasteiger charge is 2.18. The summed E-state index contributed by atoms with van der Waals surface area (Å²) in [5, 5.41) is 20.7. The van der Waals surface area contributed by atoms with E-state index in [1.807, 2.05) is 0 Å². The van der Waals surface area contributed by atoms with Gasteiger partial charge in [0.2, 0.25) is 5.16 Å².